The van der Waals surface area contributed by atoms with E-state index >= 15 is 0 Å². The number of anilines is 1. The van der Waals surface area contributed by atoms with E-state index < -0.39 is 41.3 Å². The summed E-state index contributed by atoms with van der Waals surface area (Å²) < 4.78 is 85.6. The number of fused-ring (bicyclic) bond motifs is 1. The van der Waals surface area contributed by atoms with E-state index in [9.17, 15) is 26.3 Å². The first-order chi connectivity index (χ1) is 18.4. The predicted octanol–water partition coefficient (Wildman–Crippen LogP) is 7.28. The summed E-state index contributed by atoms with van der Waals surface area (Å²) in [5, 5.41) is 4.38. The van der Waals surface area contributed by atoms with Crippen LogP contribution in [-0.4, -0.2) is 27.9 Å². The Morgan fingerprint density at radius 1 is 1.03 bits per heavy atom. The maximum atomic E-state index is 14.6. The fraction of sp³-hybridized carbons (Fsp3) is 0.345. The van der Waals surface area contributed by atoms with Crippen LogP contribution in [0.4, 0.5) is 32.0 Å². The zero-order chi connectivity index (χ0) is 28.1. The van der Waals surface area contributed by atoms with E-state index in [0.29, 0.717) is 24.2 Å². The number of halogens is 6. The summed E-state index contributed by atoms with van der Waals surface area (Å²) in [5.74, 6) is -3.38. The van der Waals surface area contributed by atoms with Crippen LogP contribution in [0.5, 0.6) is 0 Å². The minimum absolute atomic E-state index is 0.0704. The van der Waals surface area contributed by atoms with Crippen LogP contribution < -0.4 is 10.6 Å². The summed E-state index contributed by atoms with van der Waals surface area (Å²) in [7, 11) is 0. The number of hydrogen-bond donors (Lipinski definition) is 1. The van der Waals surface area contributed by atoms with E-state index in [4.69, 9.17) is 5.73 Å². The van der Waals surface area contributed by atoms with E-state index in [1.54, 1.807) is 12.1 Å². The summed E-state index contributed by atoms with van der Waals surface area (Å²) in [6.07, 6.45) is -2.28. The van der Waals surface area contributed by atoms with Crippen molar-refractivity contribution < 1.29 is 26.3 Å². The van der Waals surface area contributed by atoms with Crippen molar-refractivity contribution in [3.8, 4) is 11.3 Å². The molecule has 1 aromatic heterocycles. The minimum Gasteiger partial charge on any atom is -0.366 e. The molecular formula is C29H28F6N4. The Balaban J connectivity index is 1.70. The van der Waals surface area contributed by atoms with Gasteiger partial charge < -0.3 is 10.6 Å². The van der Waals surface area contributed by atoms with Crippen LogP contribution in [0.1, 0.15) is 44.2 Å². The summed E-state index contributed by atoms with van der Waals surface area (Å²) >= 11 is 0. The van der Waals surface area contributed by atoms with Crippen molar-refractivity contribution in [2.24, 2.45) is 5.73 Å². The molecule has 0 radical (unpaired) electrons. The Kier molecular flexibility index (Phi) is 6.86. The second-order valence-electron chi connectivity index (χ2n) is 10.4. The lowest BCUT2D eigenvalue weighted by Gasteiger charge is -2.48. The van der Waals surface area contributed by atoms with Crippen LogP contribution in [0.15, 0.2) is 54.6 Å². The maximum absolute atomic E-state index is 14.6. The molecule has 0 spiro atoms. The van der Waals surface area contributed by atoms with Crippen LogP contribution in [0.25, 0.3) is 22.2 Å². The van der Waals surface area contributed by atoms with Crippen molar-refractivity contribution in [3.05, 3.63) is 83.2 Å². The third kappa shape index (κ3) is 4.97. The average molecular weight is 547 g/mol. The van der Waals surface area contributed by atoms with Gasteiger partial charge in [-0.15, -0.1) is 0 Å². The first-order valence-corrected chi connectivity index (χ1v) is 12.7. The van der Waals surface area contributed by atoms with Gasteiger partial charge in [-0.25, -0.2) is 13.2 Å². The third-order valence-corrected chi connectivity index (χ3v) is 7.76. The number of alkyl halides is 3. The van der Waals surface area contributed by atoms with Gasteiger partial charge in [-0.2, -0.15) is 18.3 Å². The van der Waals surface area contributed by atoms with E-state index in [-0.39, 0.29) is 28.2 Å². The minimum atomic E-state index is -4.69. The van der Waals surface area contributed by atoms with Gasteiger partial charge in [0.15, 0.2) is 0 Å². The first kappa shape index (κ1) is 27.1. The van der Waals surface area contributed by atoms with Crippen molar-refractivity contribution in [2.75, 3.05) is 11.4 Å². The molecule has 1 aliphatic rings. The van der Waals surface area contributed by atoms with Gasteiger partial charge in [0.1, 0.15) is 23.0 Å². The molecule has 10 heteroatoms. The Morgan fingerprint density at radius 3 is 2.38 bits per heavy atom. The number of benzene rings is 3. The lowest BCUT2D eigenvalue weighted by atomic mass is 9.83. The molecule has 4 nitrogen and oxygen atoms in total. The van der Waals surface area contributed by atoms with Gasteiger partial charge >= 0.3 is 6.18 Å². The number of piperidine rings is 1. The number of aromatic nitrogens is 2. The molecule has 3 aromatic carbocycles. The predicted molar refractivity (Wildman–Crippen MR) is 139 cm³/mol. The van der Waals surface area contributed by atoms with Gasteiger partial charge in [-0.1, -0.05) is 31.2 Å². The second-order valence-corrected chi connectivity index (χ2v) is 10.4. The highest BCUT2D eigenvalue weighted by molar-refractivity contribution is 5.96. The Morgan fingerprint density at radius 2 is 1.72 bits per heavy atom. The number of nitrogens with zero attached hydrogens (tertiary/aromatic N) is 3. The van der Waals surface area contributed by atoms with Crippen molar-refractivity contribution in [1.29, 1.82) is 0 Å². The Bertz CT molecular complexity index is 1510. The maximum Gasteiger partial charge on any atom is 0.418 e. The van der Waals surface area contributed by atoms with Gasteiger partial charge in [0, 0.05) is 52.5 Å². The van der Waals surface area contributed by atoms with Crippen LogP contribution in [0, 0.1) is 17.5 Å². The van der Waals surface area contributed by atoms with Crippen molar-refractivity contribution in [1.82, 2.24) is 9.78 Å². The first-order valence-electron chi connectivity index (χ1n) is 12.7. The molecule has 1 aliphatic heterocycles. The van der Waals surface area contributed by atoms with Gasteiger partial charge in [0.25, 0.3) is 0 Å². The van der Waals surface area contributed by atoms with Gasteiger partial charge in [-0.05, 0) is 44.4 Å². The molecule has 5 rings (SSSR count). The third-order valence-electron chi connectivity index (χ3n) is 7.76. The monoisotopic (exact) mass is 546 g/mol. The zero-order valence-corrected chi connectivity index (χ0v) is 21.5. The van der Waals surface area contributed by atoms with Crippen LogP contribution in [-0.2, 0) is 12.7 Å². The summed E-state index contributed by atoms with van der Waals surface area (Å²) in [6.45, 7) is 4.39. The topological polar surface area (TPSA) is 47.1 Å². The average Bonchev–Trinajstić information content (AvgIpc) is 3.23. The highest BCUT2D eigenvalue weighted by atomic mass is 19.4. The molecule has 0 amide bonds. The molecule has 0 saturated carbocycles. The van der Waals surface area contributed by atoms with Crippen molar-refractivity contribution in [3.63, 3.8) is 0 Å². The van der Waals surface area contributed by atoms with Gasteiger partial charge in [0.05, 0.1) is 17.8 Å². The quantitative estimate of drug-likeness (QED) is 0.268. The Hall–Kier alpha value is -3.53. The molecule has 1 fully saturated rings. The summed E-state index contributed by atoms with van der Waals surface area (Å²) in [6, 6.07) is 12.2. The highest BCUT2D eigenvalue weighted by Crippen LogP contribution is 2.41. The fourth-order valence-corrected chi connectivity index (χ4v) is 5.61. The molecule has 2 heterocycles. The number of nitrogens with two attached hydrogens (primary N) is 1. The smallest absolute Gasteiger partial charge is 0.366 e. The lowest BCUT2D eigenvalue weighted by Crippen LogP contribution is -2.55. The fourth-order valence-electron chi connectivity index (χ4n) is 5.61. The van der Waals surface area contributed by atoms with Crippen molar-refractivity contribution >= 4 is 16.6 Å². The molecular weight excluding hydrogens is 518 g/mol. The van der Waals surface area contributed by atoms with E-state index in [1.165, 1.54) is 12.1 Å². The summed E-state index contributed by atoms with van der Waals surface area (Å²) in [4.78, 5) is 2.25. The van der Waals surface area contributed by atoms with Crippen LogP contribution >= 0.6 is 0 Å². The normalized spacial score (nSPS) is 20.1. The molecule has 0 aliphatic carbocycles. The molecule has 2 atom stereocenters. The van der Waals surface area contributed by atoms with Gasteiger partial charge in [0.2, 0.25) is 0 Å². The summed E-state index contributed by atoms with van der Waals surface area (Å²) in [5.41, 5.74) is 5.90. The van der Waals surface area contributed by atoms with E-state index in [1.807, 2.05) is 12.1 Å². The molecule has 4 aromatic rings. The van der Waals surface area contributed by atoms with E-state index in [2.05, 4.69) is 23.8 Å². The molecule has 39 heavy (non-hydrogen) atoms. The Labute approximate surface area is 222 Å². The standard InChI is InChI=1S/C29H28F6N4/c1-3-28(2)15-19(36)10-11-38(28)20-7-4-6-17(12-20)27-21-8-5-9-23(29(33,34)35)26(21)37-39(27)16-22-24(31)13-18(30)14-25(22)32/h4-9,12-14,19H,3,10-11,15-16,36H2,1-2H3. The molecule has 1 saturated heterocycles. The largest absolute Gasteiger partial charge is 0.418 e. The highest BCUT2D eigenvalue weighted by Gasteiger charge is 2.37. The zero-order valence-electron chi connectivity index (χ0n) is 21.5. The van der Waals surface area contributed by atoms with Crippen LogP contribution in [0.3, 0.4) is 0 Å². The second kappa shape index (κ2) is 9.89. The number of rotatable bonds is 5. The number of hydrogen-bond acceptors (Lipinski definition) is 3. The SMILES string of the molecule is CCC1(C)CC(N)CCN1c1cccc(-c2c3cccc(C(F)(F)F)c3nn2Cc2c(F)cc(F)cc2F)c1. The molecule has 206 valence electrons. The lowest BCUT2D eigenvalue weighted by molar-refractivity contribution is -0.136. The molecule has 2 unspecified atom stereocenters. The van der Waals surface area contributed by atoms with Gasteiger partial charge in [-0.3, -0.25) is 4.68 Å². The molecule has 2 N–H and O–H groups in total. The van der Waals surface area contributed by atoms with E-state index in [0.717, 1.165) is 35.7 Å². The van der Waals surface area contributed by atoms with Crippen LogP contribution in [0.2, 0.25) is 0 Å². The van der Waals surface area contributed by atoms with Crippen molar-refractivity contribution in [2.45, 2.75) is 57.4 Å². The molecule has 0 bridgehead atoms.